The molecular weight excluding hydrogens is 388 g/mol. The molecule has 0 atom stereocenters. The Morgan fingerprint density at radius 2 is 2.07 bits per heavy atom. The van der Waals surface area contributed by atoms with Crippen molar-refractivity contribution in [3.63, 3.8) is 0 Å². The van der Waals surface area contributed by atoms with Crippen LogP contribution >= 0.6 is 11.3 Å². The Kier molecular flexibility index (Phi) is 5.40. The molecule has 1 amide bonds. The zero-order valence-electron chi connectivity index (χ0n) is 14.7. The Labute approximate surface area is 159 Å². The van der Waals surface area contributed by atoms with Crippen molar-refractivity contribution in [3.8, 4) is 0 Å². The lowest BCUT2D eigenvalue weighted by atomic mass is 10.2. The molecule has 3 aromatic rings. The summed E-state index contributed by atoms with van der Waals surface area (Å²) in [5, 5.41) is 4.99. The average Bonchev–Trinajstić information content (AvgIpc) is 3.12. The number of rotatable bonds is 6. The lowest BCUT2D eigenvalue weighted by Crippen LogP contribution is -2.23. The number of thiophene rings is 1. The topological polar surface area (TPSA) is 110 Å². The molecule has 2 aromatic heterocycles. The largest absolute Gasteiger partial charge is 0.326 e. The fourth-order valence-corrected chi connectivity index (χ4v) is 4.29. The van der Waals surface area contributed by atoms with Gasteiger partial charge in [-0.1, -0.05) is 6.07 Å². The minimum absolute atomic E-state index is 0.0548. The fourth-order valence-electron chi connectivity index (χ4n) is 2.58. The van der Waals surface area contributed by atoms with Gasteiger partial charge in [0.25, 0.3) is 5.56 Å². The van der Waals surface area contributed by atoms with Gasteiger partial charge in [-0.3, -0.25) is 14.2 Å². The van der Waals surface area contributed by atoms with Crippen LogP contribution in [0.15, 0.2) is 45.7 Å². The molecule has 0 saturated carbocycles. The first-order chi connectivity index (χ1) is 12.8. The number of nitrogens with one attached hydrogen (secondary N) is 2. The summed E-state index contributed by atoms with van der Waals surface area (Å²) >= 11 is 1.38. The number of aromatic nitrogens is 2. The van der Waals surface area contributed by atoms with Crippen LogP contribution in [0.2, 0.25) is 0 Å². The molecule has 2 heterocycles. The number of carbonyl (C=O) groups is 1. The summed E-state index contributed by atoms with van der Waals surface area (Å²) in [7, 11) is -2.29. The second-order valence-electron chi connectivity index (χ2n) is 5.87. The van der Waals surface area contributed by atoms with Crippen LogP contribution in [0.4, 0.5) is 5.69 Å². The summed E-state index contributed by atoms with van der Waals surface area (Å²) in [6.45, 7) is 1.85. The van der Waals surface area contributed by atoms with E-state index in [1.807, 2.05) is 0 Å². The Balaban J connectivity index is 1.71. The molecule has 0 aliphatic heterocycles. The van der Waals surface area contributed by atoms with Gasteiger partial charge in [-0.15, -0.1) is 11.3 Å². The normalized spacial score (nSPS) is 11.6. The van der Waals surface area contributed by atoms with E-state index < -0.39 is 10.0 Å². The van der Waals surface area contributed by atoms with Crippen LogP contribution in [0.1, 0.15) is 12.0 Å². The van der Waals surface area contributed by atoms with Crippen molar-refractivity contribution in [1.29, 1.82) is 0 Å². The minimum Gasteiger partial charge on any atom is -0.326 e. The van der Waals surface area contributed by atoms with E-state index in [4.69, 9.17) is 0 Å². The zero-order valence-corrected chi connectivity index (χ0v) is 16.4. The molecule has 0 unspecified atom stereocenters. The number of sulfonamides is 1. The molecule has 0 radical (unpaired) electrons. The van der Waals surface area contributed by atoms with Crippen LogP contribution in [0.5, 0.6) is 0 Å². The van der Waals surface area contributed by atoms with E-state index in [2.05, 4.69) is 15.0 Å². The lowest BCUT2D eigenvalue weighted by Gasteiger charge is -2.11. The first kappa shape index (κ1) is 19.2. The summed E-state index contributed by atoms with van der Waals surface area (Å²) in [6.07, 6.45) is 1.48. The van der Waals surface area contributed by atoms with Gasteiger partial charge in [0, 0.05) is 18.7 Å². The van der Waals surface area contributed by atoms with Gasteiger partial charge in [0.05, 0.1) is 16.6 Å². The highest BCUT2D eigenvalue weighted by molar-refractivity contribution is 7.89. The van der Waals surface area contributed by atoms with Crippen LogP contribution in [-0.2, 0) is 21.4 Å². The molecule has 0 saturated heterocycles. The number of nitrogens with zero attached hydrogens (tertiary/aromatic N) is 2. The van der Waals surface area contributed by atoms with E-state index in [0.29, 0.717) is 21.5 Å². The highest BCUT2D eigenvalue weighted by Crippen LogP contribution is 2.20. The molecule has 8 nitrogen and oxygen atoms in total. The van der Waals surface area contributed by atoms with Crippen molar-refractivity contribution < 1.29 is 13.2 Å². The third-order valence-corrected chi connectivity index (χ3v) is 6.44. The summed E-state index contributed by atoms with van der Waals surface area (Å²) in [4.78, 5) is 29.5. The molecule has 1 aromatic carbocycles. The molecule has 27 heavy (non-hydrogen) atoms. The molecule has 0 fully saturated rings. The van der Waals surface area contributed by atoms with E-state index in [1.54, 1.807) is 30.5 Å². The highest BCUT2D eigenvalue weighted by atomic mass is 32.2. The number of anilines is 1. The Morgan fingerprint density at radius 1 is 1.30 bits per heavy atom. The molecule has 142 valence electrons. The van der Waals surface area contributed by atoms with Crippen molar-refractivity contribution >= 4 is 43.2 Å². The summed E-state index contributed by atoms with van der Waals surface area (Å²) in [5.41, 5.74) is 0.758. The van der Waals surface area contributed by atoms with E-state index in [1.165, 1.54) is 35.3 Å². The van der Waals surface area contributed by atoms with E-state index >= 15 is 0 Å². The van der Waals surface area contributed by atoms with Crippen molar-refractivity contribution in [3.05, 3.63) is 51.9 Å². The van der Waals surface area contributed by atoms with E-state index in [0.717, 1.165) is 0 Å². The number of carbonyl (C=O) groups excluding carboxylic acids is 1. The second kappa shape index (κ2) is 7.59. The monoisotopic (exact) mass is 406 g/mol. The first-order valence-corrected chi connectivity index (χ1v) is 10.4. The highest BCUT2D eigenvalue weighted by Gasteiger charge is 2.16. The maximum absolute atomic E-state index is 12.3. The van der Waals surface area contributed by atoms with Gasteiger partial charge < -0.3 is 5.32 Å². The van der Waals surface area contributed by atoms with Crippen LogP contribution in [0.25, 0.3) is 10.2 Å². The van der Waals surface area contributed by atoms with Gasteiger partial charge in [-0.25, -0.2) is 18.1 Å². The van der Waals surface area contributed by atoms with Gasteiger partial charge in [0.15, 0.2) is 0 Å². The molecule has 0 aliphatic carbocycles. The van der Waals surface area contributed by atoms with Crippen LogP contribution in [-0.4, -0.2) is 30.9 Å². The molecule has 0 spiro atoms. The first-order valence-electron chi connectivity index (χ1n) is 8.08. The Bertz CT molecular complexity index is 1170. The molecule has 2 N–H and O–H groups in total. The smallest absolute Gasteiger partial charge is 0.262 e. The zero-order chi connectivity index (χ0) is 19.6. The molecule has 10 heteroatoms. The molecule has 0 bridgehead atoms. The van der Waals surface area contributed by atoms with Crippen molar-refractivity contribution in [2.24, 2.45) is 0 Å². The number of hydrogen-bond donors (Lipinski definition) is 2. The Hall–Kier alpha value is -2.56. The minimum atomic E-state index is -3.62. The van der Waals surface area contributed by atoms with Crippen LogP contribution in [0.3, 0.4) is 0 Å². The predicted molar refractivity (Wildman–Crippen MR) is 105 cm³/mol. The number of benzene rings is 1. The fraction of sp³-hybridized carbons (Fsp3) is 0.235. The maximum Gasteiger partial charge on any atom is 0.262 e. The average molecular weight is 406 g/mol. The molecule has 0 aliphatic rings. The lowest BCUT2D eigenvalue weighted by molar-refractivity contribution is -0.116. The number of amides is 1. The molecule has 3 rings (SSSR count). The van der Waals surface area contributed by atoms with E-state index in [9.17, 15) is 18.0 Å². The SMILES string of the molecule is CNS(=O)(=O)c1cc(NC(=O)CCn2cnc3sccc3c2=O)ccc1C. The Morgan fingerprint density at radius 3 is 2.81 bits per heavy atom. The van der Waals surface area contributed by atoms with Crippen molar-refractivity contribution in [2.45, 2.75) is 24.8 Å². The third-order valence-electron chi connectivity index (χ3n) is 4.06. The molecular formula is C17H18N4O4S2. The van der Waals surface area contributed by atoms with Gasteiger partial charge in [-0.2, -0.15) is 0 Å². The third kappa shape index (κ3) is 4.07. The van der Waals surface area contributed by atoms with Gasteiger partial charge in [0.1, 0.15) is 4.83 Å². The maximum atomic E-state index is 12.3. The summed E-state index contributed by atoms with van der Waals surface area (Å²) < 4.78 is 27.7. The number of fused-ring (bicyclic) bond motifs is 1. The summed E-state index contributed by atoms with van der Waals surface area (Å²) in [6, 6.07) is 6.37. The van der Waals surface area contributed by atoms with Crippen LogP contribution in [0, 0.1) is 6.92 Å². The quantitative estimate of drug-likeness (QED) is 0.647. The summed E-state index contributed by atoms with van der Waals surface area (Å²) in [5.74, 6) is -0.330. The van der Waals surface area contributed by atoms with Crippen LogP contribution < -0.4 is 15.6 Å². The van der Waals surface area contributed by atoms with Gasteiger partial charge in [-0.05, 0) is 43.1 Å². The van der Waals surface area contributed by atoms with Gasteiger partial charge in [0.2, 0.25) is 15.9 Å². The van der Waals surface area contributed by atoms with Crippen molar-refractivity contribution in [1.82, 2.24) is 14.3 Å². The predicted octanol–water partition coefficient (Wildman–Crippen LogP) is 1.70. The standard InChI is InChI=1S/C17H18N4O4S2/c1-11-3-4-12(9-14(11)27(24,25)18-2)20-15(22)5-7-21-10-19-16-13(17(21)23)6-8-26-16/h3-4,6,8-10,18H,5,7H2,1-2H3,(H,20,22). The van der Waals surface area contributed by atoms with Crippen molar-refractivity contribution in [2.75, 3.05) is 12.4 Å². The van der Waals surface area contributed by atoms with E-state index in [-0.39, 0.29) is 29.3 Å². The number of hydrogen-bond acceptors (Lipinski definition) is 6. The van der Waals surface area contributed by atoms with Gasteiger partial charge >= 0.3 is 0 Å². The number of aryl methyl sites for hydroxylation is 2. The second-order valence-corrected chi connectivity index (χ2v) is 8.62.